The van der Waals surface area contributed by atoms with E-state index in [9.17, 15) is 0 Å². The van der Waals surface area contributed by atoms with Crippen LogP contribution in [0.15, 0.2) is 0 Å². The van der Waals surface area contributed by atoms with Crippen molar-refractivity contribution in [2.24, 2.45) is 17.6 Å². The molecule has 0 aromatic carbocycles. The van der Waals surface area contributed by atoms with Gasteiger partial charge < -0.3 is 5.73 Å². The molecule has 0 amide bonds. The van der Waals surface area contributed by atoms with Crippen LogP contribution in [0.2, 0.25) is 0 Å². The first-order valence-corrected chi connectivity index (χ1v) is 4.48. The van der Waals surface area contributed by atoms with E-state index in [0.717, 1.165) is 5.75 Å². The van der Waals surface area contributed by atoms with Crippen molar-refractivity contribution in [3.05, 3.63) is 0 Å². The molecule has 0 radical (unpaired) electrons. The normalized spacial score (nSPS) is 13.2. The highest BCUT2D eigenvalue weighted by Crippen LogP contribution is 2.24. The van der Waals surface area contributed by atoms with E-state index in [1.165, 1.54) is 0 Å². The summed E-state index contributed by atoms with van der Waals surface area (Å²) < 4.78 is 0. The van der Waals surface area contributed by atoms with Crippen LogP contribution in [0.3, 0.4) is 0 Å². The summed E-state index contributed by atoms with van der Waals surface area (Å²) in [4.78, 5) is 0. The van der Waals surface area contributed by atoms with Crippen LogP contribution in [0, 0.1) is 11.8 Å². The Kier molecular flexibility index (Phi) is 3.74. The van der Waals surface area contributed by atoms with Crippen molar-refractivity contribution in [3.8, 4) is 0 Å². The fourth-order valence-electron chi connectivity index (χ4n) is 1.03. The third-order valence-corrected chi connectivity index (χ3v) is 2.97. The second-order valence-electron chi connectivity index (χ2n) is 3.58. The van der Waals surface area contributed by atoms with Gasteiger partial charge in [0, 0.05) is 11.3 Å². The predicted molar refractivity (Wildman–Crippen MR) is 50.4 cm³/mol. The lowest BCUT2D eigenvalue weighted by Crippen LogP contribution is -2.51. The first kappa shape index (κ1) is 10.3. The van der Waals surface area contributed by atoms with Gasteiger partial charge in [-0.2, -0.15) is 12.6 Å². The van der Waals surface area contributed by atoms with Gasteiger partial charge in [-0.05, 0) is 11.8 Å². The molecule has 0 fully saturated rings. The minimum atomic E-state index is -0.0941. The molecule has 10 heavy (non-hydrogen) atoms. The lowest BCUT2D eigenvalue weighted by atomic mass is 9.79. The minimum Gasteiger partial charge on any atom is -0.324 e. The highest BCUT2D eigenvalue weighted by Gasteiger charge is 2.30. The first-order chi connectivity index (χ1) is 4.45. The topological polar surface area (TPSA) is 26.0 Å². The SMILES string of the molecule is CC(C)C(N)(CS)C(C)C. The predicted octanol–water partition coefficient (Wildman–Crippen LogP) is 1.93. The van der Waals surface area contributed by atoms with Gasteiger partial charge in [-0.15, -0.1) is 0 Å². The molecule has 0 spiro atoms. The van der Waals surface area contributed by atoms with Crippen molar-refractivity contribution >= 4 is 12.6 Å². The molecule has 0 saturated heterocycles. The van der Waals surface area contributed by atoms with Gasteiger partial charge in [-0.25, -0.2) is 0 Å². The summed E-state index contributed by atoms with van der Waals surface area (Å²) in [7, 11) is 0. The van der Waals surface area contributed by atoms with Crippen LogP contribution < -0.4 is 5.73 Å². The zero-order valence-electron chi connectivity index (χ0n) is 7.39. The van der Waals surface area contributed by atoms with Gasteiger partial charge in [0.15, 0.2) is 0 Å². The van der Waals surface area contributed by atoms with E-state index in [4.69, 9.17) is 5.73 Å². The van der Waals surface area contributed by atoms with Gasteiger partial charge in [-0.1, -0.05) is 27.7 Å². The van der Waals surface area contributed by atoms with E-state index >= 15 is 0 Å². The molecule has 2 N–H and O–H groups in total. The van der Waals surface area contributed by atoms with E-state index in [0.29, 0.717) is 11.8 Å². The fourth-order valence-corrected chi connectivity index (χ4v) is 1.76. The summed E-state index contributed by atoms with van der Waals surface area (Å²) in [6.07, 6.45) is 0. The second-order valence-corrected chi connectivity index (χ2v) is 3.90. The van der Waals surface area contributed by atoms with Crippen molar-refractivity contribution in [2.45, 2.75) is 33.2 Å². The maximum Gasteiger partial charge on any atom is 0.0290 e. The number of hydrogen-bond donors (Lipinski definition) is 2. The zero-order valence-corrected chi connectivity index (χ0v) is 8.28. The Hall–Kier alpha value is 0.310. The summed E-state index contributed by atoms with van der Waals surface area (Å²) in [5.41, 5.74) is 6.01. The van der Waals surface area contributed by atoms with Crippen molar-refractivity contribution in [3.63, 3.8) is 0 Å². The summed E-state index contributed by atoms with van der Waals surface area (Å²) in [6, 6.07) is 0. The molecule has 1 nitrogen and oxygen atoms in total. The summed E-state index contributed by atoms with van der Waals surface area (Å²) in [5.74, 6) is 1.78. The van der Waals surface area contributed by atoms with Crippen molar-refractivity contribution in [1.29, 1.82) is 0 Å². The summed E-state index contributed by atoms with van der Waals surface area (Å²) in [6.45, 7) is 8.60. The fraction of sp³-hybridized carbons (Fsp3) is 1.00. The summed E-state index contributed by atoms with van der Waals surface area (Å²) >= 11 is 4.25. The van der Waals surface area contributed by atoms with E-state index in [1.54, 1.807) is 0 Å². The van der Waals surface area contributed by atoms with E-state index in [1.807, 2.05) is 0 Å². The Morgan fingerprint density at radius 1 is 1.20 bits per heavy atom. The average molecular weight is 161 g/mol. The number of thiol groups is 1. The minimum absolute atomic E-state index is 0.0941. The van der Waals surface area contributed by atoms with E-state index in [-0.39, 0.29) is 5.54 Å². The molecule has 0 aliphatic heterocycles. The lowest BCUT2D eigenvalue weighted by Gasteiger charge is -2.36. The highest BCUT2D eigenvalue weighted by atomic mass is 32.1. The maximum absolute atomic E-state index is 6.11. The first-order valence-electron chi connectivity index (χ1n) is 3.85. The molecule has 62 valence electrons. The van der Waals surface area contributed by atoms with Crippen molar-refractivity contribution in [2.75, 3.05) is 5.75 Å². The highest BCUT2D eigenvalue weighted by molar-refractivity contribution is 7.80. The maximum atomic E-state index is 6.11. The number of hydrogen-bond acceptors (Lipinski definition) is 2. The zero-order chi connectivity index (χ0) is 8.36. The molecule has 0 aromatic rings. The third kappa shape index (κ3) is 1.89. The molecule has 0 heterocycles. The molecule has 0 atom stereocenters. The van der Waals surface area contributed by atoms with Gasteiger partial charge >= 0.3 is 0 Å². The van der Waals surface area contributed by atoms with Crippen LogP contribution in [-0.4, -0.2) is 11.3 Å². The van der Waals surface area contributed by atoms with Gasteiger partial charge in [0.1, 0.15) is 0 Å². The molecule has 0 aromatic heterocycles. The van der Waals surface area contributed by atoms with Gasteiger partial charge in [0.05, 0.1) is 0 Å². The molecule has 0 aliphatic rings. The second kappa shape index (κ2) is 3.63. The average Bonchev–Trinajstić information content (AvgIpc) is 1.85. The van der Waals surface area contributed by atoms with Crippen molar-refractivity contribution < 1.29 is 0 Å². The summed E-state index contributed by atoms with van der Waals surface area (Å²) in [5, 5.41) is 0. The lowest BCUT2D eigenvalue weighted by molar-refractivity contribution is 0.257. The molecule has 0 unspecified atom stereocenters. The van der Waals surface area contributed by atoms with Crippen LogP contribution in [0.5, 0.6) is 0 Å². The third-order valence-electron chi connectivity index (χ3n) is 2.42. The molecule has 0 saturated carbocycles. The molecular weight excluding hydrogens is 142 g/mol. The molecule has 0 bridgehead atoms. The largest absolute Gasteiger partial charge is 0.324 e. The Bertz CT molecular complexity index is 91.4. The molecule has 0 rings (SSSR count). The van der Waals surface area contributed by atoms with Crippen LogP contribution in [-0.2, 0) is 0 Å². The van der Waals surface area contributed by atoms with E-state index < -0.39 is 0 Å². The van der Waals surface area contributed by atoms with E-state index in [2.05, 4.69) is 40.3 Å². The Morgan fingerprint density at radius 2 is 1.50 bits per heavy atom. The Morgan fingerprint density at radius 3 is 1.50 bits per heavy atom. The van der Waals surface area contributed by atoms with Crippen LogP contribution in [0.25, 0.3) is 0 Å². The number of nitrogens with two attached hydrogens (primary N) is 1. The molecule has 0 aliphatic carbocycles. The Balaban J connectivity index is 4.23. The van der Waals surface area contributed by atoms with Crippen LogP contribution in [0.4, 0.5) is 0 Å². The van der Waals surface area contributed by atoms with Crippen LogP contribution >= 0.6 is 12.6 Å². The van der Waals surface area contributed by atoms with Gasteiger partial charge in [-0.3, -0.25) is 0 Å². The Labute approximate surface area is 69.8 Å². The standard InChI is InChI=1S/C8H19NS/c1-6(2)8(9,5-10)7(3)4/h6-7,10H,5,9H2,1-4H3. The number of rotatable bonds is 3. The van der Waals surface area contributed by atoms with Gasteiger partial charge in [0.2, 0.25) is 0 Å². The van der Waals surface area contributed by atoms with Gasteiger partial charge in [0.25, 0.3) is 0 Å². The molecule has 2 heteroatoms. The smallest absolute Gasteiger partial charge is 0.0290 e. The quantitative estimate of drug-likeness (QED) is 0.608. The van der Waals surface area contributed by atoms with Crippen LogP contribution in [0.1, 0.15) is 27.7 Å². The molecular formula is C8H19NS. The monoisotopic (exact) mass is 161 g/mol. The van der Waals surface area contributed by atoms with Crippen molar-refractivity contribution in [1.82, 2.24) is 0 Å².